The Morgan fingerprint density at radius 2 is 1.90 bits per heavy atom. The fourth-order valence-corrected chi connectivity index (χ4v) is 2.53. The van der Waals surface area contributed by atoms with Crippen LogP contribution in [0.2, 0.25) is 5.02 Å². The summed E-state index contributed by atoms with van der Waals surface area (Å²) in [5.41, 5.74) is 2.87. The van der Waals surface area contributed by atoms with Crippen molar-refractivity contribution in [1.82, 2.24) is 0 Å². The van der Waals surface area contributed by atoms with Crippen LogP contribution in [-0.4, -0.2) is 0 Å². The maximum atomic E-state index is 9.36. The van der Waals surface area contributed by atoms with Gasteiger partial charge in [-0.05, 0) is 58.2 Å². The van der Waals surface area contributed by atoms with Gasteiger partial charge in [0.15, 0.2) is 0 Å². The predicted octanol–water partition coefficient (Wildman–Crippen LogP) is 5.85. The van der Waals surface area contributed by atoms with Crippen molar-refractivity contribution in [2.45, 2.75) is 13.0 Å². The lowest BCUT2D eigenvalue weighted by molar-refractivity contribution is 0.993. The molecule has 0 bridgehead atoms. The summed E-state index contributed by atoms with van der Waals surface area (Å²) >= 11 is 12.8. The number of hydrogen-bond acceptors (Lipinski definition) is 2. The molecule has 20 heavy (non-hydrogen) atoms. The monoisotopic (exact) mass is 412 g/mol. The molecular weight excluding hydrogens is 403 g/mol. The summed E-state index contributed by atoms with van der Waals surface area (Å²) in [5, 5.41) is 13.2. The van der Waals surface area contributed by atoms with Crippen LogP contribution in [-0.2, 0) is 0 Å². The van der Waals surface area contributed by atoms with E-state index in [1.807, 2.05) is 37.3 Å². The van der Waals surface area contributed by atoms with E-state index in [1.165, 1.54) is 0 Å². The fourth-order valence-electron chi connectivity index (χ4n) is 1.79. The van der Waals surface area contributed by atoms with Crippen LogP contribution in [0, 0.1) is 18.3 Å². The second-order valence-corrected chi connectivity index (χ2v) is 6.46. The van der Waals surface area contributed by atoms with Crippen molar-refractivity contribution < 1.29 is 0 Å². The molecule has 2 rings (SSSR count). The molecule has 0 aliphatic rings. The van der Waals surface area contributed by atoms with Crippen molar-refractivity contribution in [3.63, 3.8) is 0 Å². The number of rotatable bonds is 3. The fraction of sp³-hybridized carbons (Fsp3) is 0.133. The van der Waals surface area contributed by atoms with Crippen LogP contribution in [0.3, 0.4) is 0 Å². The molecule has 0 radical (unpaired) electrons. The van der Waals surface area contributed by atoms with Crippen molar-refractivity contribution in [2.75, 3.05) is 5.32 Å². The third-order valence-electron chi connectivity index (χ3n) is 2.88. The van der Waals surface area contributed by atoms with E-state index in [4.69, 9.17) is 11.6 Å². The van der Waals surface area contributed by atoms with Crippen molar-refractivity contribution in [2.24, 2.45) is 0 Å². The maximum absolute atomic E-state index is 9.36. The second kappa shape index (κ2) is 6.62. The van der Waals surface area contributed by atoms with Crippen LogP contribution < -0.4 is 5.32 Å². The highest BCUT2D eigenvalue weighted by molar-refractivity contribution is 9.10. The van der Waals surface area contributed by atoms with Gasteiger partial charge in [0.05, 0.1) is 11.1 Å². The smallest absolute Gasteiger partial charge is 0.140 e. The first-order chi connectivity index (χ1) is 9.51. The van der Waals surface area contributed by atoms with Gasteiger partial charge in [0.1, 0.15) is 6.04 Å². The number of anilines is 1. The molecule has 0 aliphatic carbocycles. The highest BCUT2D eigenvalue weighted by Crippen LogP contribution is 2.28. The number of nitriles is 1. The largest absolute Gasteiger partial charge is 0.366 e. The van der Waals surface area contributed by atoms with E-state index in [2.05, 4.69) is 43.2 Å². The lowest BCUT2D eigenvalue weighted by atomic mass is 10.1. The van der Waals surface area contributed by atoms with Crippen molar-refractivity contribution in [1.29, 1.82) is 5.26 Å². The minimum atomic E-state index is -0.408. The molecule has 2 aromatic carbocycles. The van der Waals surface area contributed by atoms with Crippen molar-refractivity contribution in [3.05, 3.63) is 61.5 Å². The van der Waals surface area contributed by atoms with E-state index >= 15 is 0 Å². The van der Waals surface area contributed by atoms with Crippen LogP contribution in [0.25, 0.3) is 0 Å². The number of aryl methyl sites for hydroxylation is 1. The maximum Gasteiger partial charge on any atom is 0.140 e. The Morgan fingerprint density at radius 1 is 1.15 bits per heavy atom. The Hall–Kier alpha value is -1.02. The first-order valence-corrected chi connectivity index (χ1v) is 7.85. The molecule has 2 aromatic rings. The Labute approximate surface area is 140 Å². The summed E-state index contributed by atoms with van der Waals surface area (Å²) in [4.78, 5) is 0. The third-order valence-corrected chi connectivity index (χ3v) is 4.98. The molecule has 0 saturated heterocycles. The summed E-state index contributed by atoms with van der Waals surface area (Å²) in [6, 6.07) is 13.2. The summed E-state index contributed by atoms with van der Waals surface area (Å²) in [6.07, 6.45) is 0. The van der Waals surface area contributed by atoms with Gasteiger partial charge in [-0.15, -0.1) is 0 Å². The molecular formula is C15H11Br2ClN2. The normalized spacial score (nSPS) is 11.8. The van der Waals surface area contributed by atoms with Gasteiger partial charge < -0.3 is 5.32 Å². The van der Waals surface area contributed by atoms with E-state index in [9.17, 15) is 5.26 Å². The molecule has 0 heterocycles. The standard InChI is InChI=1S/C15H11Br2ClN2/c1-9-6-10(2-4-12(9)16)15(8-19)20-11-3-5-14(18)13(17)7-11/h2-7,15,20H,1H3. The SMILES string of the molecule is Cc1cc(C(C#N)Nc2ccc(Cl)c(Br)c2)ccc1Br. The summed E-state index contributed by atoms with van der Waals surface area (Å²) in [5.74, 6) is 0. The van der Waals surface area contributed by atoms with Gasteiger partial charge in [-0.25, -0.2) is 0 Å². The van der Waals surface area contributed by atoms with Crippen LogP contribution in [0.1, 0.15) is 17.2 Å². The van der Waals surface area contributed by atoms with Crippen LogP contribution in [0.15, 0.2) is 45.3 Å². The molecule has 1 unspecified atom stereocenters. The summed E-state index contributed by atoms with van der Waals surface area (Å²) in [7, 11) is 0. The van der Waals surface area contributed by atoms with Crippen LogP contribution >= 0.6 is 43.5 Å². The van der Waals surface area contributed by atoms with E-state index in [0.29, 0.717) is 5.02 Å². The van der Waals surface area contributed by atoms with Crippen LogP contribution in [0.5, 0.6) is 0 Å². The molecule has 1 N–H and O–H groups in total. The van der Waals surface area contributed by atoms with E-state index < -0.39 is 6.04 Å². The van der Waals surface area contributed by atoms with Gasteiger partial charge >= 0.3 is 0 Å². The quantitative estimate of drug-likeness (QED) is 0.684. The molecule has 0 spiro atoms. The van der Waals surface area contributed by atoms with Gasteiger partial charge in [-0.1, -0.05) is 39.7 Å². The van der Waals surface area contributed by atoms with E-state index in [0.717, 1.165) is 25.8 Å². The summed E-state index contributed by atoms with van der Waals surface area (Å²) in [6.45, 7) is 2.00. The molecule has 1 atom stereocenters. The Bertz CT molecular complexity index is 680. The van der Waals surface area contributed by atoms with Crippen LogP contribution in [0.4, 0.5) is 5.69 Å². The van der Waals surface area contributed by atoms with Gasteiger partial charge in [-0.3, -0.25) is 0 Å². The number of nitrogens with zero attached hydrogens (tertiary/aromatic N) is 1. The number of hydrogen-bond donors (Lipinski definition) is 1. The van der Waals surface area contributed by atoms with Gasteiger partial charge in [0, 0.05) is 14.6 Å². The number of benzene rings is 2. The van der Waals surface area contributed by atoms with E-state index in [-0.39, 0.29) is 0 Å². The van der Waals surface area contributed by atoms with E-state index in [1.54, 1.807) is 6.07 Å². The molecule has 0 amide bonds. The average Bonchev–Trinajstić information content (AvgIpc) is 2.43. The zero-order chi connectivity index (χ0) is 14.7. The summed E-state index contributed by atoms with van der Waals surface area (Å²) < 4.78 is 1.83. The molecule has 0 aromatic heterocycles. The Kier molecular flexibility index (Phi) is 5.09. The van der Waals surface area contributed by atoms with Crippen molar-refractivity contribution in [3.8, 4) is 6.07 Å². The van der Waals surface area contributed by atoms with Gasteiger partial charge in [-0.2, -0.15) is 5.26 Å². The molecule has 0 aliphatic heterocycles. The van der Waals surface area contributed by atoms with Gasteiger partial charge in [0.2, 0.25) is 0 Å². The first kappa shape index (κ1) is 15.4. The zero-order valence-electron chi connectivity index (χ0n) is 10.6. The highest BCUT2D eigenvalue weighted by atomic mass is 79.9. The Balaban J connectivity index is 2.26. The lowest BCUT2D eigenvalue weighted by Crippen LogP contribution is -2.08. The molecule has 102 valence electrons. The average molecular weight is 415 g/mol. The molecule has 0 fully saturated rings. The van der Waals surface area contributed by atoms with Crippen molar-refractivity contribution >= 4 is 49.1 Å². The Morgan fingerprint density at radius 3 is 2.50 bits per heavy atom. The lowest BCUT2D eigenvalue weighted by Gasteiger charge is -2.15. The minimum Gasteiger partial charge on any atom is -0.366 e. The zero-order valence-corrected chi connectivity index (χ0v) is 14.6. The molecule has 2 nitrogen and oxygen atoms in total. The molecule has 5 heteroatoms. The number of halogens is 3. The first-order valence-electron chi connectivity index (χ1n) is 5.88. The number of nitrogens with one attached hydrogen (secondary N) is 1. The highest BCUT2D eigenvalue weighted by Gasteiger charge is 2.12. The minimum absolute atomic E-state index is 0.408. The van der Waals surface area contributed by atoms with Gasteiger partial charge in [0.25, 0.3) is 0 Å². The third kappa shape index (κ3) is 3.54. The predicted molar refractivity (Wildman–Crippen MR) is 90.0 cm³/mol. The topological polar surface area (TPSA) is 35.8 Å². The molecule has 0 saturated carbocycles. The second-order valence-electron chi connectivity index (χ2n) is 4.34.